The fourth-order valence-corrected chi connectivity index (χ4v) is 1.97. The van der Waals surface area contributed by atoms with Gasteiger partial charge in [-0.1, -0.05) is 13.0 Å². The van der Waals surface area contributed by atoms with Gasteiger partial charge in [-0.2, -0.15) is 5.10 Å². The van der Waals surface area contributed by atoms with Crippen molar-refractivity contribution in [2.45, 2.75) is 26.8 Å². The summed E-state index contributed by atoms with van der Waals surface area (Å²) in [6.07, 6.45) is 2.51. The number of rotatable bonds is 6. The SMILES string of the molecule is CCCNc1c(F)cccc1C(=O)NCc1cn[nH]c1C. The number of amides is 1. The second-order valence-electron chi connectivity index (χ2n) is 4.79. The molecule has 6 heteroatoms. The van der Waals surface area contributed by atoms with Crippen LogP contribution in [0, 0.1) is 12.7 Å². The van der Waals surface area contributed by atoms with Crippen molar-refractivity contribution in [1.29, 1.82) is 0 Å². The van der Waals surface area contributed by atoms with Gasteiger partial charge in [-0.25, -0.2) is 4.39 Å². The highest BCUT2D eigenvalue weighted by Gasteiger charge is 2.15. The largest absolute Gasteiger partial charge is 0.382 e. The summed E-state index contributed by atoms with van der Waals surface area (Å²) in [6, 6.07) is 4.48. The molecule has 0 radical (unpaired) electrons. The fraction of sp³-hybridized carbons (Fsp3) is 0.333. The van der Waals surface area contributed by atoms with Gasteiger partial charge in [0.05, 0.1) is 17.4 Å². The molecule has 1 aromatic heterocycles. The van der Waals surface area contributed by atoms with E-state index in [1.54, 1.807) is 12.3 Å². The van der Waals surface area contributed by atoms with Crippen LogP contribution < -0.4 is 10.6 Å². The van der Waals surface area contributed by atoms with Crippen LogP contribution in [0.2, 0.25) is 0 Å². The zero-order valence-electron chi connectivity index (χ0n) is 12.2. The first kappa shape index (κ1) is 15.0. The lowest BCUT2D eigenvalue weighted by Gasteiger charge is -2.12. The van der Waals surface area contributed by atoms with E-state index in [1.165, 1.54) is 12.1 Å². The molecule has 3 N–H and O–H groups in total. The highest BCUT2D eigenvalue weighted by molar-refractivity contribution is 5.99. The van der Waals surface area contributed by atoms with E-state index in [4.69, 9.17) is 0 Å². The van der Waals surface area contributed by atoms with E-state index in [9.17, 15) is 9.18 Å². The minimum Gasteiger partial charge on any atom is -0.382 e. The lowest BCUT2D eigenvalue weighted by atomic mass is 10.1. The van der Waals surface area contributed by atoms with Gasteiger partial charge < -0.3 is 10.6 Å². The zero-order valence-corrected chi connectivity index (χ0v) is 12.2. The summed E-state index contributed by atoms with van der Waals surface area (Å²) >= 11 is 0. The Morgan fingerprint density at radius 3 is 2.90 bits per heavy atom. The molecule has 0 aliphatic rings. The Morgan fingerprint density at radius 1 is 1.43 bits per heavy atom. The molecule has 0 unspecified atom stereocenters. The first-order valence-electron chi connectivity index (χ1n) is 6.93. The van der Waals surface area contributed by atoms with Crippen LogP contribution in [-0.4, -0.2) is 22.6 Å². The molecule has 1 amide bonds. The van der Waals surface area contributed by atoms with Crippen LogP contribution in [0.4, 0.5) is 10.1 Å². The number of nitrogens with one attached hydrogen (secondary N) is 3. The third-order valence-electron chi connectivity index (χ3n) is 3.18. The van der Waals surface area contributed by atoms with E-state index < -0.39 is 5.82 Å². The number of aryl methyl sites for hydroxylation is 1. The number of benzene rings is 1. The summed E-state index contributed by atoms with van der Waals surface area (Å²) in [6.45, 7) is 4.83. The van der Waals surface area contributed by atoms with Crippen molar-refractivity contribution >= 4 is 11.6 Å². The van der Waals surface area contributed by atoms with Crippen molar-refractivity contribution in [1.82, 2.24) is 15.5 Å². The van der Waals surface area contributed by atoms with Crippen molar-refractivity contribution < 1.29 is 9.18 Å². The first-order chi connectivity index (χ1) is 10.1. The number of aromatic amines is 1. The number of carbonyl (C=O) groups is 1. The molecule has 2 aromatic rings. The molecule has 0 fully saturated rings. The van der Waals surface area contributed by atoms with Crippen molar-refractivity contribution in [3.05, 3.63) is 47.0 Å². The number of para-hydroxylation sites is 1. The molecule has 21 heavy (non-hydrogen) atoms. The summed E-state index contributed by atoms with van der Waals surface area (Å²) in [5, 5.41) is 12.4. The van der Waals surface area contributed by atoms with E-state index in [2.05, 4.69) is 20.8 Å². The van der Waals surface area contributed by atoms with Gasteiger partial charge in [0.2, 0.25) is 0 Å². The second kappa shape index (κ2) is 6.88. The van der Waals surface area contributed by atoms with Gasteiger partial charge in [0, 0.05) is 24.3 Å². The highest BCUT2D eigenvalue weighted by atomic mass is 19.1. The third kappa shape index (κ3) is 3.59. The number of hydrogen-bond donors (Lipinski definition) is 3. The predicted octanol–water partition coefficient (Wildman–Crippen LogP) is 2.61. The number of nitrogens with zero attached hydrogens (tertiary/aromatic N) is 1. The van der Waals surface area contributed by atoms with Crippen LogP contribution in [0.3, 0.4) is 0 Å². The maximum atomic E-state index is 13.9. The quantitative estimate of drug-likeness (QED) is 0.766. The van der Waals surface area contributed by atoms with Crippen LogP contribution in [0.15, 0.2) is 24.4 Å². The normalized spacial score (nSPS) is 10.4. The Hall–Kier alpha value is -2.37. The topological polar surface area (TPSA) is 69.8 Å². The molecule has 0 spiro atoms. The van der Waals surface area contributed by atoms with Crippen LogP contribution in [0.5, 0.6) is 0 Å². The smallest absolute Gasteiger partial charge is 0.253 e. The first-order valence-corrected chi connectivity index (χ1v) is 6.93. The molecule has 1 aromatic carbocycles. The van der Waals surface area contributed by atoms with Crippen molar-refractivity contribution in [2.24, 2.45) is 0 Å². The molecule has 0 bridgehead atoms. The monoisotopic (exact) mass is 290 g/mol. The molecule has 1 heterocycles. The van der Waals surface area contributed by atoms with Gasteiger partial charge in [0.15, 0.2) is 0 Å². The van der Waals surface area contributed by atoms with E-state index in [0.29, 0.717) is 18.7 Å². The van der Waals surface area contributed by atoms with Crippen molar-refractivity contribution in [3.63, 3.8) is 0 Å². The van der Waals surface area contributed by atoms with Crippen molar-refractivity contribution in [2.75, 3.05) is 11.9 Å². The number of H-pyrrole nitrogens is 1. The second-order valence-corrected chi connectivity index (χ2v) is 4.79. The minimum atomic E-state index is -0.421. The average Bonchev–Trinajstić information content (AvgIpc) is 2.88. The number of anilines is 1. The van der Waals surface area contributed by atoms with Gasteiger partial charge in [-0.3, -0.25) is 9.89 Å². The standard InChI is InChI=1S/C15H19FN4O/c1-3-7-17-14-12(5-4-6-13(14)16)15(21)18-8-11-9-19-20-10(11)2/h4-6,9,17H,3,7-8H2,1-2H3,(H,18,21)(H,19,20). The summed E-state index contributed by atoms with van der Waals surface area (Å²) in [7, 11) is 0. The Balaban J connectivity index is 2.11. The summed E-state index contributed by atoms with van der Waals surface area (Å²) in [5.74, 6) is -0.732. The molecule has 112 valence electrons. The predicted molar refractivity (Wildman–Crippen MR) is 79.7 cm³/mol. The van der Waals surface area contributed by atoms with Crippen LogP contribution in [0.1, 0.15) is 35.0 Å². The molecular formula is C15H19FN4O. The molecule has 5 nitrogen and oxygen atoms in total. The molecule has 2 rings (SSSR count). The number of hydrogen-bond acceptors (Lipinski definition) is 3. The Labute approximate surface area is 123 Å². The number of halogens is 1. The van der Waals surface area contributed by atoms with Gasteiger partial charge in [0.1, 0.15) is 5.82 Å². The Morgan fingerprint density at radius 2 is 2.24 bits per heavy atom. The average molecular weight is 290 g/mol. The third-order valence-corrected chi connectivity index (χ3v) is 3.18. The molecular weight excluding hydrogens is 271 g/mol. The van der Waals surface area contributed by atoms with E-state index in [-0.39, 0.29) is 11.6 Å². The molecule has 0 aliphatic carbocycles. The van der Waals surface area contributed by atoms with Crippen LogP contribution >= 0.6 is 0 Å². The summed E-state index contributed by atoms with van der Waals surface area (Å²) in [5.41, 5.74) is 2.37. The van der Waals surface area contributed by atoms with E-state index in [0.717, 1.165) is 17.7 Å². The van der Waals surface area contributed by atoms with Crippen molar-refractivity contribution in [3.8, 4) is 0 Å². The van der Waals surface area contributed by atoms with Gasteiger partial charge in [-0.05, 0) is 25.5 Å². The van der Waals surface area contributed by atoms with Crippen LogP contribution in [-0.2, 0) is 6.54 Å². The molecule has 0 atom stereocenters. The Bertz CT molecular complexity index is 624. The van der Waals surface area contributed by atoms with Gasteiger partial charge in [0.25, 0.3) is 5.91 Å². The minimum absolute atomic E-state index is 0.251. The van der Waals surface area contributed by atoms with Gasteiger partial charge in [-0.15, -0.1) is 0 Å². The molecule has 0 aliphatic heterocycles. The number of aromatic nitrogens is 2. The molecule has 0 saturated carbocycles. The fourth-order valence-electron chi connectivity index (χ4n) is 1.97. The lowest BCUT2D eigenvalue weighted by Crippen LogP contribution is -2.24. The van der Waals surface area contributed by atoms with E-state index >= 15 is 0 Å². The Kier molecular flexibility index (Phi) is 4.92. The molecule has 0 saturated heterocycles. The summed E-state index contributed by atoms with van der Waals surface area (Å²) in [4.78, 5) is 12.2. The van der Waals surface area contributed by atoms with Gasteiger partial charge >= 0.3 is 0 Å². The highest BCUT2D eigenvalue weighted by Crippen LogP contribution is 2.20. The lowest BCUT2D eigenvalue weighted by molar-refractivity contribution is 0.0951. The van der Waals surface area contributed by atoms with E-state index in [1.807, 2.05) is 13.8 Å². The maximum Gasteiger partial charge on any atom is 0.253 e. The van der Waals surface area contributed by atoms with Crippen LogP contribution in [0.25, 0.3) is 0 Å². The maximum absolute atomic E-state index is 13.9. The zero-order chi connectivity index (χ0) is 15.2. The number of carbonyl (C=O) groups excluding carboxylic acids is 1. The summed E-state index contributed by atoms with van der Waals surface area (Å²) < 4.78 is 13.9.